The van der Waals surface area contributed by atoms with Crippen molar-refractivity contribution in [3.63, 3.8) is 0 Å². The zero-order valence-corrected chi connectivity index (χ0v) is 14.1. The van der Waals surface area contributed by atoms with E-state index < -0.39 is 0 Å². The van der Waals surface area contributed by atoms with Gasteiger partial charge in [-0.05, 0) is 40.0 Å². The van der Waals surface area contributed by atoms with Crippen molar-refractivity contribution in [3.05, 3.63) is 22.2 Å². The quantitative estimate of drug-likeness (QED) is 0.899. The summed E-state index contributed by atoms with van der Waals surface area (Å²) in [5.41, 5.74) is 1.17. The maximum Gasteiger partial charge on any atom is 0.175 e. The minimum atomic E-state index is 0.128. The Balaban J connectivity index is 1.80. The van der Waals surface area contributed by atoms with Crippen molar-refractivity contribution in [1.82, 2.24) is 5.32 Å². The van der Waals surface area contributed by atoms with Gasteiger partial charge in [-0.1, -0.05) is 13.8 Å². The zero-order chi connectivity index (χ0) is 14.8. The number of halogens is 1. The normalized spacial score (nSPS) is 24.6. The summed E-state index contributed by atoms with van der Waals surface area (Å²) in [7, 11) is 0. The van der Waals surface area contributed by atoms with E-state index >= 15 is 0 Å². The van der Waals surface area contributed by atoms with E-state index in [4.69, 9.17) is 14.2 Å². The van der Waals surface area contributed by atoms with E-state index in [9.17, 15) is 0 Å². The summed E-state index contributed by atoms with van der Waals surface area (Å²) >= 11 is 3.59. The van der Waals surface area contributed by atoms with Gasteiger partial charge in [-0.3, -0.25) is 0 Å². The first-order valence-electron chi connectivity index (χ1n) is 7.59. The Bertz CT molecular complexity index is 507. The van der Waals surface area contributed by atoms with Crippen molar-refractivity contribution in [2.24, 2.45) is 5.92 Å². The third-order valence-electron chi connectivity index (χ3n) is 3.95. The van der Waals surface area contributed by atoms with Gasteiger partial charge in [-0.25, -0.2) is 0 Å². The van der Waals surface area contributed by atoms with Crippen molar-refractivity contribution in [2.45, 2.75) is 32.4 Å². The second kappa shape index (κ2) is 6.55. The van der Waals surface area contributed by atoms with Crippen LogP contribution in [-0.2, 0) is 4.74 Å². The molecule has 5 heteroatoms. The molecule has 1 saturated heterocycles. The van der Waals surface area contributed by atoms with Gasteiger partial charge in [0.25, 0.3) is 0 Å². The van der Waals surface area contributed by atoms with Gasteiger partial charge in [-0.15, -0.1) is 0 Å². The summed E-state index contributed by atoms with van der Waals surface area (Å²) in [6.07, 6.45) is 1.22. The fourth-order valence-electron chi connectivity index (χ4n) is 2.89. The number of rotatable bonds is 4. The highest BCUT2D eigenvalue weighted by Crippen LogP contribution is 2.43. The summed E-state index contributed by atoms with van der Waals surface area (Å²) in [6, 6.07) is 4.67. The molecule has 0 spiro atoms. The number of hydrogen-bond donors (Lipinski definition) is 1. The van der Waals surface area contributed by atoms with Crippen LogP contribution in [-0.4, -0.2) is 32.4 Å². The third-order valence-corrected chi connectivity index (χ3v) is 4.54. The summed E-state index contributed by atoms with van der Waals surface area (Å²) in [4.78, 5) is 0. The van der Waals surface area contributed by atoms with Gasteiger partial charge >= 0.3 is 0 Å². The van der Waals surface area contributed by atoms with E-state index in [1.807, 2.05) is 0 Å². The Morgan fingerprint density at radius 1 is 1.24 bits per heavy atom. The smallest absolute Gasteiger partial charge is 0.175 e. The van der Waals surface area contributed by atoms with Crippen molar-refractivity contribution in [3.8, 4) is 11.5 Å². The average Bonchev–Trinajstić information content (AvgIpc) is 2.93. The Morgan fingerprint density at radius 3 is 2.86 bits per heavy atom. The first-order valence-corrected chi connectivity index (χ1v) is 8.38. The molecular weight excluding hydrogens is 334 g/mol. The average molecular weight is 356 g/mol. The summed E-state index contributed by atoms with van der Waals surface area (Å²) in [6.45, 7) is 7.35. The van der Waals surface area contributed by atoms with Crippen LogP contribution in [0.15, 0.2) is 16.6 Å². The van der Waals surface area contributed by atoms with Crippen LogP contribution in [0.5, 0.6) is 11.5 Å². The molecule has 0 aromatic heterocycles. The van der Waals surface area contributed by atoms with Gasteiger partial charge in [-0.2, -0.15) is 0 Å². The lowest BCUT2D eigenvalue weighted by molar-refractivity contribution is 0.0892. The second-order valence-electron chi connectivity index (χ2n) is 5.93. The highest BCUT2D eigenvalue weighted by Gasteiger charge is 2.31. The molecule has 21 heavy (non-hydrogen) atoms. The molecule has 0 bridgehead atoms. The van der Waals surface area contributed by atoms with Gasteiger partial charge in [0.05, 0.1) is 10.6 Å². The summed E-state index contributed by atoms with van der Waals surface area (Å²) < 4.78 is 18.3. The minimum absolute atomic E-state index is 0.128. The molecule has 1 fully saturated rings. The number of hydrogen-bond acceptors (Lipinski definition) is 4. The molecular formula is C16H22BrNO3. The largest absolute Gasteiger partial charge is 0.486 e. The molecule has 1 N–H and O–H groups in total. The highest BCUT2D eigenvalue weighted by atomic mass is 79.9. The molecule has 0 radical (unpaired) electrons. The van der Waals surface area contributed by atoms with Crippen LogP contribution < -0.4 is 14.8 Å². The van der Waals surface area contributed by atoms with Crippen LogP contribution in [0.2, 0.25) is 0 Å². The van der Waals surface area contributed by atoms with E-state index in [0.717, 1.165) is 35.5 Å². The lowest BCUT2D eigenvalue weighted by Crippen LogP contribution is -2.30. The SMILES string of the molecule is CC(C)NCC1CCOC1c1cc(Br)c2c(c1)OCCO2. The molecule has 1 aromatic rings. The van der Waals surface area contributed by atoms with E-state index in [0.29, 0.717) is 25.2 Å². The number of fused-ring (bicyclic) bond motifs is 1. The molecule has 2 atom stereocenters. The second-order valence-corrected chi connectivity index (χ2v) is 6.78. The summed E-state index contributed by atoms with van der Waals surface area (Å²) in [5.74, 6) is 2.12. The fraction of sp³-hybridized carbons (Fsp3) is 0.625. The van der Waals surface area contributed by atoms with Crippen LogP contribution in [0, 0.1) is 5.92 Å². The molecule has 1 aromatic carbocycles. The maximum absolute atomic E-state index is 5.97. The van der Waals surface area contributed by atoms with E-state index in [2.05, 4.69) is 47.2 Å². The van der Waals surface area contributed by atoms with Crippen molar-refractivity contribution >= 4 is 15.9 Å². The molecule has 2 unspecified atom stereocenters. The van der Waals surface area contributed by atoms with Gasteiger partial charge in [0, 0.05) is 25.1 Å². The predicted octanol–water partition coefficient (Wildman–Crippen LogP) is 3.30. The Hall–Kier alpha value is -0.780. The van der Waals surface area contributed by atoms with Crippen LogP contribution >= 0.6 is 15.9 Å². The minimum Gasteiger partial charge on any atom is -0.486 e. The standard InChI is InChI=1S/C16H22BrNO3/c1-10(2)18-9-11-3-4-20-15(11)12-7-13(17)16-14(8-12)19-5-6-21-16/h7-8,10-11,15,18H,3-6,9H2,1-2H3. The van der Waals surface area contributed by atoms with E-state index in [1.54, 1.807) is 0 Å². The summed E-state index contributed by atoms with van der Waals surface area (Å²) in [5, 5.41) is 3.52. The topological polar surface area (TPSA) is 39.7 Å². The van der Waals surface area contributed by atoms with E-state index in [-0.39, 0.29) is 6.10 Å². The van der Waals surface area contributed by atoms with Crippen LogP contribution in [0.1, 0.15) is 31.9 Å². The number of ether oxygens (including phenoxy) is 3. The molecule has 3 rings (SSSR count). The Labute approximate surface area is 134 Å². The maximum atomic E-state index is 5.97. The van der Waals surface area contributed by atoms with Gasteiger partial charge < -0.3 is 19.5 Å². The van der Waals surface area contributed by atoms with Gasteiger partial charge in [0.15, 0.2) is 11.5 Å². The lowest BCUT2D eigenvalue weighted by Gasteiger charge is -2.24. The first kappa shape index (κ1) is 15.1. The molecule has 2 aliphatic heterocycles. The zero-order valence-electron chi connectivity index (χ0n) is 12.5. The van der Waals surface area contributed by atoms with Crippen LogP contribution in [0.3, 0.4) is 0 Å². The molecule has 4 nitrogen and oxygen atoms in total. The van der Waals surface area contributed by atoms with Crippen molar-refractivity contribution in [2.75, 3.05) is 26.4 Å². The third kappa shape index (κ3) is 3.35. The van der Waals surface area contributed by atoms with Crippen molar-refractivity contribution in [1.29, 1.82) is 0 Å². The van der Waals surface area contributed by atoms with Gasteiger partial charge in [0.1, 0.15) is 13.2 Å². The van der Waals surface area contributed by atoms with Crippen molar-refractivity contribution < 1.29 is 14.2 Å². The first-order chi connectivity index (χ1) is 10.1. The number of benzene rings is 1. The Morgan fingerprint density at radius 2 is 2.05 bits per heavy atom. The lowest BCUT2D eigenvalue weighted by atomic mass is 9.94. The molecule has 0 aliphatic carbocycles. The molecule has 2 heterocycles. The number of nitrogens with one attached hydrogen (secondary N) is 1. The highest BCUT2D eigenvalue weighted by molar-refractivity contribution is 9.10. The van der Waals surface area contributed by atoms with E-state index in [1.165, 1.54) is 5.56 Å². The molecule has 116 valence electrons. The fourth-order valence-corrected chi connectivity index (χ4v) is 3.47. The predicted molar refractivity (Wildman–Crippen MR) is 85.1 cm³/mol. The van der Waals surface area contributed by atoms with Gasteiger partial charge in [0.2, 0.25) is 0 Å². The molecule has 2 aliphatic rings. The molecule has 0 amide bonds. The van der Waals surface area contributed by atoms with Crippen LogP contribution in [0.25, 0.3) is 0 Å². The monoisotopic (exact) mass is 355 g/mol. The Kier molecular flexibility index (Phi) is 4.72. The van der Waals surface area contributed by atoms with Crippen LogP contribution in [0.4, 0.5) is 0 Å². The molecule has 0 saturated carbocycles.